The van der Waals surface area contributed by atoms with Gasteiger partial charge in [0.25, 0.3) is 0 Å². The fraction of sp³-hybridized carbons (Fsp3) is 0. The predicted octanol–water partition coefficient (Wildman–Crippen LogP) is -0.253. The minimum Gasteiger partial charge on any atom is -0.478 e. The lowest BCUT2D eigenvalue weighted by Crippen LogP contribution is -2.14. The number of nitrogens with zero attached hydrogens (tertiary/aromatic N) is 1. The average Bonchev–Trinajstić information content (AvgIpc) is 2.06. The zero-order chi connectivity index (χ0) is 8.97. The third-order valence-electron chi connectivity index (χ3n) is 1.15. The highest BCUT2D eigenvalue weighted by Crippen LogP contribution is 2.05. The van der Waals surface area contributed by atoms with E-state index in [0.29, 0.717) is 0 Å². The Morgan fingerprint density at radius 1 is 1.67 bits per heavy atom. The number of hydrogen-bond acceptors (Lipinski definition) is 4. The summed E-state index contributed by atoms with van der Waals surface area (Å²) in [6.07, 6.45) is 1.18. The Balaban J connectivity index is 2.78. The number of aromatic carboxylic acids is 1. The van der Waals surface area contributed by atoms with Crippen molar-refractivity contribution in [1.82, 2.24) is 10.4 Å². The number of pyridine rings is 1. The fourth-order valence-electron chi connectivity index (χ4n) is 0.628. The molecule has 1 heterocycles. The molecule has 6 heteroatoms. The van der Waals surface area contributed by atoms with Crippen LogP contribution in [0.2, 0.25) is 0 Å². The van der Waals surface area contributed by atoms with Gasteiger partial charge in [-0.3, -0.25) is 0 Å². The van der Waals surface area contributed by atoms with Gasteiger partial charge in [0.1, 0.15) is 0 Å². The van der Waals surface area contributed by atoms with Gasteiger partial charge in [0.15, 0.2) is 0 Å². The molecule has 0 aliphatic carbocycles. The molecule has 0 amide bonds. The van der Waals surface area contributed by atoms with Crippen molar-refractivity contribution in [2.45, 2.75) is 0 Å². The van der Waals surface area contributed by atoms with E-state index in [-0.39, 0.29) is 11.4 Å². The van der Waals surface area contributed by atoms with E-state index in [1.807, 2.05) is 5.39 Å². The molecule has 0 unspecified atom stereocenters. The Bertz CT molecular complexity index is 275. The summed E-state index contributed by atoms with van der Waals surface area (Å²) in [5, 5.41) is 10.4. The van der Waals surface area contributed by atoms with Crippen molar-refractivity contribution < 1.29 is 14.7 Å². The quantitative estimate of drug-likeness (QED) is 0.475. The summed E-state index contributed by atoms with van der Waals surface area (Å²) in [6.45, 7) is 0. The zero-order valence-electron chi connectivity index (χ0n) is 6.02. The highest BCUT2D eigenvalue weighted by molar-refractivity contribution is 6.03. The maximum atomic E-state index is 10.3. The van der Waals surface area contributed by atoms with Crippen LogP contribution in [-0.2, 0) is 0 Å². The van der Waals surface area contributed by atoms with Gasteiger partial charge < -0.3 is 9.94 Å². The van der Waals surface area contributed by atoms with Crippen LogP contribution in [-0.4, -0.2) is 24.0 Å². The minimum absolute atomic E-state index is 0.0966. The van der Waals surface area contributed by atoms with Crippen molar-refractivity contribution in [2.75, 3.05) is 0 Å². The third-order valence-corrected chi connectivity index (χ3v) is 1.15. The van der Waals surface area contributed by atoms with E-state index in [9.17, 15) is 4.79 Å². The molecule has 0 bridgehead atoms. The number of nitrogens with one attached hydrogen (secondary N) is 1. The number of carbonyl (C=O) groups is 1. The minimum atomic E-state index is -1.03. The Morgan fingerprint density at radius 2 is 2.42 bits per heavy atom. The van der Waals surface area contributed by atoms with Crippen LogP contribution in [0, 0.1) is 0 Å². The standard InChI is InChI=1S/C6H5BN2O3/c7-9-12-5-2-1-4(3-8-5)6(10)11/h1-3,9H,(H,10,11). The van der Waals surface area contributed by atoms with Gasteiger partial charge in [-0.25, -0.2) is 15.2 Å². The lowest BCUT2D eigenvalue weighted by Gasteiger charge is -2.00. The Kier molecular flexibility index (Phi) is 2.65. The fourth-order valence-corrected chi connectivity index (χ4v) is 0.628. The third kappa shape index (κ3) is 1.96. The van der Waals surface area contributed by atoms with Crippen LogP contribution >= 0.6 is 0 Å². The van der Waals surface area contributed by atoms with Gasteiger partial charge in [-0.2, -0.15) is 0 Å². The summed E-state index contributed by atoms with van der Waals surface area (Å²) in [5.74, 6) is -0.822. The summed E-state index contributed by atoms with van der Waals surface area (Å²) >= 11 is 0. The van der Waals surface area contributed by atoms with Crippen molar-refractivity contribution in [3.8, 4) is 5.88 Å². The van der Waals surface area contributed by atoms with Crippen molar-refractivity contribution in [3.63, 3.8) is 0 Å². The number of aromatic nitrogens is 1. The average molecular weight is 164 g/mol. The molecule has 5 nitrogen and oxygen atoms in total. The van der Waals surface area contributed by atoms with Crippen molar-refractivity contribution >= 4 is 14.0 Å². The van der Waals surface area contributed by atoms with Gasteiger partial charge in [-0.1, -0.05) is 0 Å². The first-order chi connectivity index (χ1) is 5.74. The second-order valence-corrected chi connectivity index (χ2v) is 1.91. The molecule has 1 rings (SSSR count). The Hall–Kier alpha value is -1.56. The first-order valence-corrected chi connectivity index (χ1v) is 3.06. The monoisotopic (exact) mass is 164 g/mol. The van der Waals surface area contributed by atoms with Crippen LogP contribution in [0.3, 0.4) is 0 Å². The molecule has 0 saturated heterocycles. The SMILES string of the molecule is [B]NOc1ccc(C(=O)O)cn1. The largest absolute Gasteiger partial charge is 0.478 e. The molecular weight excluding hydrogens is 159 g/mol. The van der Waals surface area contributed by atoms with Gasteiger partial charge in [-0.15, -0.1) is 0 Å². The highest BCUT2D eigenvalue weighted by atomic mass is 16.6. The second kappa shape index (κ2) is 3.73. The number of carboxylic acids is 1. The predicted molar refractivity (Wildman–Crippen MR) is 40.7 cm³/mol. The molecular formula is C6H5BN2O3. The van der Waals surface area contributed by atoms with Crippen molar-refractivity contribution in [1.29, 1.82) is 0 Å². The molecule has 0 aromatic carbocycles. The highest BCUT2D eigenvalue weighted by Gasteiger charge is 2.02. The van der Waals surface area contributed by atoms with E-state index >= 15 is 0 Å². The van der Waals surface area contributed by atoms with Crippen LogP contribution < -0.4 is 10.2 Å². The molecule has 0 aliphatic rings. The summed E-state index contributed by atoms with van der Waals surface area (Å²) in [5.41, 5.74) is 0.0966. The first-order valence-electron chi connectivity index (χ1n) is 3.06. The molecule has 12 heavy (non-hydrogen) atoms. The van der Waals surface area contributed by atoms with Gasteiger partial charge in [-0.05, 0) is 6.07 Å². The van der Waals surface area contributed by atoms with Gasteiger partial charge in [0.2, 0.25) is 13.9 Å². The van der Waals surface area contributed by atoms with E-state index in [4.69, 9.17) is 13.1 Å². The topological polar surface area (TPSA) is 71.5 Å². The van der Waals surface area contributed by atoms with Crippen LogP contribution in [0.25, 0.3) is 0 Å². The molecule has 60 valence electrons. The van der Waals surface area contributed by atoms with E-state index in [0.717, 1.165) is 0 Å². The zero-order valence-corrected chi connectivity index (χ0v) is 6.02. The Labute approximate surface area is 69.8 Å². The van der Waals surface area contributed by atoms with Gasteiger partial charge in [0.05, 0.1) is 5.56 Å². The number of rotatable bonds is 3. The van der Waals surface area contributed by atoms with E-state index in [1.54, 1.807) is 0 Å². The van der Waals surface area contributed by atoms with Crippen LogP contribution in [0.1, 0.15) is 10.4 Å². The van der Waals surface area contributed by atoms with Gasteiger partial charge in [0, 0.05) is 12.3 Å². The van der Waals surface area contributed by atoms with E-state index < -0.39 is 5.97 Å². The molecule has 0 saturated carbocycles. The van der Waals surface area contributed by atoms with Crippen molar-refractivity contribution in [3.05, 3.63) is 23.9 Å². The maximum Gasteiger partial charge on any atom is 0.337 e. The van der Waals surface area contributed by atoms with Gasteiger partial charge >= 0.3 is 5.97 Å². The second-order valence-electron chi connectivity index (χ2n) is 1.91. The lowest BCUT2D eigenvalue weighted by molar-refractivity contribution is 0.0696. The summed E-state index contributed by atoms with van der Waals surface area (Å²) in [6, 6.07) is 2.76. The lowest BCUT2D eigenvalue weighted by atomic mass is 10.3. The molecule has 2 N–H and O–H groups in total. The Morgan fingerprint density at radius 3 is 2.83 bits per heavy atom. The smallest absolute Gasteiger partial charge is 0.337 e. The molecule has 0 fully saturated rings. The van der Waals surface area contributed by atoms with Crippen LogP contribution in [0.4, 0.5) is 0 Å². The summed E-state index contributed by atoms with van der Waals surface area (Å²) in [7, 11) is 4.83. The number of carboxylic acid groups (broad SMARTS) is 1. The normalized spacial score (nSPS) is 9.33. The molecule has 0 aliphatic heterocycles. The maximum absolute atomic E-state index is 10.3. The molecule has 0 atom stereocenters. The molecule has 1 aromatic rings. The van der Waals surface area contributed by atoms with Crippen LogP contribution in [0.5, 0.6) is 5.88 Å². The van der Waals surface area contributed by atoms with E-state index in [1.165, 1.54) is 18.3 Å². The molecule has 2 radical (unpaired) electrons. The molecule has 0 spiro atoms. The van der Waals surface area contributed by atoms with E-state index in [2.05, 4.69) is 9.82 Å². The van der Waals surface area contributed by atoms with Crippen molar-refractivity contribution in [2.24, 2.45) is 0 Å². The summed E-state index contributed by atoms with van der Waals surface area (Å²) in [4.78, 5) is 18.6. The summed E-state index contributed by atoms with van der Waals surface area (Å²) < 4.78 is 0. The van der Waals surface area contributed by atoms with Crippen LogP contribution in [0.15, 0.2) is 18.3 Å². The number of hydrogen-bond donors (Lipinski definition) is 2. The molecule has 1 aromatic heterocycles. The first kappa shape index (κ1) is 8.54.